The molecule has 1 saturated heterocycles. The molecule has 0 radical (unpaired) electrons. The van der Waals surface area contributed by atoms with E-state index in [0.717, 1.165) is 31.2 Å². The Hall–Kier alpha value is -0.770. The summed E-state index contributed by atoms with van der Waals surface area (Å²) in [5, 5.41) is 4.31. The van der Waals surface area contributed by atoms with E-state index >= 15 is 0 Å². The van der Waals surface area contributed by atoms with Crippen LogP contribution in [0.3, 0.4) is 0 Å². The van der Waals surface area contributed by atoms with E-state index in [9.17, 15) is 0 Å². The average molecular weight is 296 g/mol. The highest BCUT2D eigenvalue weighted by Crippen LogP contribution is 2.26. The number of nitrogens with zero attached hydrogens (tertiary/aromatic N) is 2. The summed E-state index contributed by atoms with van der Waals surface area (Å²) < 4.78 is 0. The Morgan fingerprint density at radius 2 is 2.10 bits per heavy atom. The van der Waals surface area contributed by atoms with Crippen molar-refractivity contribution in [2.75, 3.05) is 31.6 Å². The van der Waals surface area contributed by atoms with Gasteiger partial charge in [-0.1, -0.05) is 25.4 Å². The molecule has 1 N–H and O–H groups in total. The maximum absolute atomic E-state index is 6.17. The highest BCUT2D eigenvalue weighted by atomic mass is 35.5. The number of nitrogens with one attached hydrogen (secondary N) is 1. The number of halogens is 1. The van der Waals surface area contributed by atoms with Crippen LogP contribution < -0.4 is 10.2 Å². The molecular weight excluding hydrogens is 270 g/mol. The molecule has 112 valence electrons. The molecule has 1 unspecified atom stereocenters. The van der Waals surface area contributed by atoms with Crippen LogP contribution in [0.5, 0.6) is 0 Å². The Balaban J connectivity index is 2.17. The van der Waals surface area contributed by atoms with E-state index in [4.69, 9.17) is 11.6 Å². The topological polar surface area (TPSA) is 18.5 Å². The zero-order chi connectivity index (χ0) is 14.7. The minimum Gasteiger partial charge on any atom is -0.368 e. The average Bonchev–Trinajstić information content (AvgIpc) is 2.40. The fourth-order valence-corrected chi connectivity index (χ4v) is 2.78. The predicted octanol–water partition coefficient (Wildman–Crippen LogP) is 2.98. The van der Waals surface area contributed by atoms with Gasteiger partial charge >= 0.3 is 0 Å². The van der Waals surface area contributed by atoms with E-state index in [2.05, 4.69) is 55.1 Å². The molecular formula is C16H26ClN3. The van der Waals surface area contributed by atoms with Crippen LogP contribution in [0.2, 0.25) is 5.02 Å². The maximum atomic E-state index is 6.17. The van der Waals surface area contributed by atoms with Crippen LogP contribution in [-0.2, 0) is 6.54 Å². The molecule has 0 aromatic heterocycles. The molecule has 1 aromatic rings. The quantitative estimate of drug-likeness (QED) is 0.921. The van der Waals surface area contributed by atoms with Gasteiger partial charge in [-0.3, -0.25) is 0 Å². The largest absolute Gasteiger partial charge is 0.368 e. The van der Waals surface area contributed by atoms with E-state index in [-0.39, 0.29) is 0 Å². The number of anilines is 1. The van der Waals surface area contributed by atoms with Crippen molar-refractivity contribution in [2.24, 2.45) is 0 Å². The normalized spacial score (nSPS) is 20.7. The number of likely N-dealkylation sites (N-methyl/N-ethyl adjacent to an activating group) is 1. The van der Waals surface area contributed by atoms with Gasteiger partial charge in [0.25, 0.3) is 0 Å². The molecule has 0 saturated carbocycles. The number of hydrogen-bond acceptors (Lipinski definition) is 3. The first-order chi connectivity index (χ1) is 9.47. The highest BCUT2D eigenvalue weighted by Gasteiger charge is 2.22. The van der Waals surface area contributed by atoms with Gasteiger partial charge in [0, 0.05) is 49.0 Å². The Kier molecular flexibility index (Phi) is 5.30. The van der Waals surface area contributed by atoms with Crippen molar-refractivity contribution in [3.63, 3.8) is 0 Å². The fraction of sp³-hybridized carbons (Fsp3) is 0.625. The smallest absolute Gasteiger partial charge is 0.0413 e. The van der Waals surface area contributed by atoms with Crippen LogP contribution in [0, 0.1) is 0 Å². The molecule has 0 bridgehead atoms. The molecule has 20 heavy (non-hydrogen) atoms. The van der Waals surface area contributed by atoms with Crippen molar-refractivity contribution >= 4 is 17.3 Å². The molecule has 4 heteroatoms. The minimum atomic E-state index is 0.480. The van der Waals surface area contributed by atoms with Gasteiger partial charge in [0.2, 0.25) is 0 Å². The molecule has 2 rings (SSSR count). The second-order valence-corrected chi connectivity index (χ2v) is 6.52. The standard InChI is InChI=1S/C16H26ClN3/c1-12(2)18-10-14-9-15(17)5-6-16(14)20-8-7-19(4)13(3)11-20/h5-6,9,12-13,18H,7-8,10-11H2,1-4H3. The van der Waals surface area contributed by atoms with Crippen LogP contribution in [0.15, 0.2) is 18.2 Å². The van der Waals surface area contributed by atoms with E-state index in [1.807, 2.05) is 6.07 Å². The number of piperazine rings is 1. The lowest BCUT2D eigenvalue weighted by Crippen LogP contribution is -2.50. The Labute approximate surface area is 127 Å². The third-order valence-corrected chi connectivity index (χ3v) is 4.28. The molecule has 1 fully saturated rings. The van der Waals surface area contributed by atoms with E-state index in [1.54, 1.807) is 0 Å². The second kappa shape index (κ2) is 6.79. The Morgan fingerprint density at radius 3 is 2.75 bits per heavy atom. The fourth-order valence-electron chi connectivity index (χ4n) is 2.59. The lowest BCUT2D eigenvalue weighted by Gasteiger charge is -2.40. The zero-order valence-corrected chi connectivity index (χ0v) is 13.7. The second-order valence-electron chi connectivity index (χ2n) is 6.08. The molecule has 1 aliphatic heterocycles. The van der Waals surface area contributed by atoms with Crippen molar-refractivity contribution in [3.05, 3.63) is 28.8 Å². The molecule has 0 amide bonds. The molecule has 0 aliphatic carbocycles. The number of hydrogen-bond donors (Lipinski definition) is 1. The van der Waals surface area contributed by atoms with Crippen LogP contribution in [0.4, 0.5) is 5.69 Å². The molecule has 1 atom stereocenters. The summed E-state index contributed by atoms with van der Waals surface area (Å²) in [5.41, 5.74) is 2.62. The van der Waals surface area contributed by atoms with Crippen molar-refractivity contribution in [1.29, 1.82) is 0 Å². The monoisotopic (exact) mass is 295 g/mol. The molecule has 3 nitrogen and oxygen atoms in total. The SMILES string of the molecule is CC(C)NCc1cc(Cl)ccc1N1CCN(C)C(C)C1. The van der Waals surface area contributed by atoms with Crippen molar-refractivity contribution in [1.82, 2.24) is 10.2 Å². The highest BCUT2D eigenvalue weighted by molar-refractivity contribution is 6.30. The van der Waals surface area contributed by atoms with Crippen molar-refractivity contribution in [2.45, 2.75) is 39.4 Å². The number of rotatable bonds is 4. The summed E-state index contributed by atoms with van der Waals surface area (Å²) in [6.45, 7) is 10.8. The van der Waals surface area contributed by atoms with Crippen LogP contribution >= 0.6 is 11.6 Å². The summed E-state index contributed by atoms with van der Waals surface area (Å²) in [4.78, 5) is 4.90. The summed E-state index contributed by atoms with van der Waals surface area (Å²) in [5.74, 6) is 0. The molecule has 1 heterocycles. The first kappa shape index (κ1) is 15.6. The van der Waals surface area contributed by atoms with Gasteiger partial charge in [-0.15, -0.1) is 0 Å². The van der Waals surface area contributed by atoms with Gasteiger partial charge < -0.3 is 15.1 Å². The molecule has 0 spiro atoms. The van der Waals surface area contributed by atoms with Crippen LogP contribution in [-0.4, -0.2) is 43.7 Å². The van der Waals surface area contributed by atoms with Gasteiger partial charge in [-0.2, -0.15) is 0 Å². The van der Waals surface area contributed by atoms with Crippen LogP contribution in [0.25, 0.3) is 0 Å². The molecule has 1 aliphatic rings. The summed E-state index contributed by atoms with van der Waals surface area (Å²) >= 11 is 6.17. The van der Waals surface area contributed by atoms with E-state index in [0.29, 0.717) is 12.1 Å². The first-order valence-electron chi connectivity index (χ1n) is 7.44. The zero-order valence-electron chi connectivity index (χ0n) is 13.0. The molecule has 1 aromatic carbocycles. The van der Waals surface area contributed by atoms with Crippen molar-refractivity contribution in [3.8, 4) is 0 Å². The Bertz CT molecular complexity index is 447. The van der Waals surface area contributed by atoms with E-state index in [1.165, 1.54) is 11.3 Å². The summed E-state index contributed by atoms with van der Waals surface area (Å²) in [7, 11) is 2.20. The van der Waals surface area contributed by atoms with Gasteiger partial charge in [0.15, 0.2) is 0 Å². The Morgan fingerprint density at radius 1 is 1.35 bits per heavy atom. The summed E-state index contributed by atoms with van der Waals surface area (Å²) in [6, 6.07) is 7.32. The first-order valence-corrected chi connectivity index (χ1v) is 7.82. The third-order valence-electron chi connectivity index (χ3n) is 4.04. The van der Waals surface area contributed by atoms with Gasteiger partial charge in [-0.05, 0) is 37.7 Å². The van der Waals surface area contributed by atoms with Crippen LogP contribution in [0.1, 0.15) is 26.3 Å². The minimum absolute atomic E-state index is 0.480. The van der Waals surface area contributed by atoms with Gasteiger partial charge in [0.1, 0.15) is 0 Å². The summed E-state index contributed by atoms with van der Waals surface area (Å²) in [6.07, 6.45) is 0. The lowest BCUT2D eigenvalue weighted by molar-refractivity contribution is 0.234. The van der Waals surface area contributed by atoms with Gasteiger partial charge in [0.05, 0.1) is 0 Å². The third kappa shape index (κ3) is 3.87. The van der Waals surface area contributed by atoms with Gasteiger partial charge in [-0.25, -0.2) is 0 Å². The predicted molar refractivity (Wildman–Crippen MR) is 87.7 cm³/mol. The van der Waals surface area contributed by atoms with E-state index < -0.39 is 0 Å². The van der Waals surface area contributed by atoms with Crippen molar-refractivity contribution < 1.29 is 0 Å². The lowest BCUT2D eigenvalue weighted by atomic mass is 10.1. The number of benzene rings is 1. The maximum Gasteiger partial charge on any atom is 0.0413 e.